The van der Waals surface area contributed by atoms with Gasteiger partial charge >= 0.3 is 0 Å². The van der Waals surface area contributed by atoms with E-state index in [9.17, 15) is 0 Å². The molecular weight excluding hydrogens is 374 g/mol. The van der Waals surface area contributed by atoms with E-state index in [1.807, 2.05) is 25.1 Å². The van der Waals surface area contributed by atoms with Crippen molar-refractivity contribution < 1.29 is 9.47 Å². The molecule has 0 saturated carbocycles. The highest BCUT2D eigenvalue weighted by Crippen LogP contribution is 2.29. The van der Waals surface area contributed by atoms with Crippen LogP contribution in [0.3, 0.4) is 0 Å². The van der Waals surface area contributed by atoms with E-state index in [0.717, 1.165) is 32.4 Å². The van der Waals surface area contributed by atoms with Gasteiger partial charge in [0.1, 0.15) is 24.7 Å². The summed E-state index contributed by atoms with van der Waals surface area (Å²) in [6.45, 7) is 5.69. The number of nitrogens with two attached hydrogens (primary N) is 1. The number of ether oxygens (including phenoxy) is 2. The highest BCUT2D eigenvalue weighted by molar-refractivity contribution is 9.28. The molecule has 3 nitrogen and oxygen atoms in total. The van der Waals surface area contributed by atoms with Crippen molar-refractivity contribution in [3.63, 3.8) is 0 Å². The Bertz CT molecular complexity index is 443. The summed E-state index contributed by atoms with van der Waals surface area (Å²) in [4.78, 5) is 0. The average Bonchev–Trinajstić information content (AvgIpc) is 2.36. The van der Waals surface area contributed by atoms with Gasteiger partial charge in [-0.3, -0.25) is 0 Å². The molecule has 0 fully saturated rings. The second-order valence-corrected chi connectivity index (χ2v) is 6.80. The van der Waals surface area contributed by atoms with Gasteiger partial charge in [0.25, 0.3) is 0 Å². The monoisotopic (exact) mass is 391 g/mol. The molecule has 2 N–H and O–H groups in total. The van der Waals surface area contributed by atoms with Gasteiger partial charge in [-0.25, -0.2) is 0 Å². The first-order valence-electron chi connectivity index (χ1n) is 6.18. The summed E-state index contributed by atoms with van der Waals surface area (Å²) in [5, 5.41) is 0. The summed E-state index contributed by atoms with van der Waals surface area (Å²) >= 11 is 6.59. The zero-order valence-electron chi connectivity index (χ0n) is 11.2. The number of hydrogen-bond donors (Lipinski definition) is 1. The average molecular weight is 393 g/mol. The number of benzene rings is 1. The quantitative estimate of drug-likeness (QED) is 0.765. The Hall–Kier alpha value is -0.520. The maximum atomic E-state index is 5.70. The third kappa shape index (κ3) is 5.55. The van der Waals surface area contributed by atoms with Crippen molar-refractivity contribution >= 4 is 31.9 Å². The Kier molecular flexibility index (Phi) is 7.49. The van der Waals surface area contributed by atoms with Crippen LogP contribution < -0.4 is 15.2 Å². The predicted molar refractivity (Wildman–Crippen MR) is 86.5 cm³/mol. The zero-order valence-corrected chi connectivity index (χ0v) is 14.4. The summed E-state index contributed by atoms with van der Waals surface area (Å²) < 4.78 is 12.3. The van der Waals surface area contributed by atoms with E-state index in [1.54, 1.807) is 0 Å². The fourth-order valence-electron chi connectivity index (χ4n) is 1.73. The SMILES string of the molecule is CCc1cc(OCC=C(Br)Br)cc(C)c1OCCN. The third-order valence-electron chi connectivity index (χ3n) is 2.56. The molecule has 1 aromatic carbocycles. The molecule has 0 spiro atoms. The highest BCUT2D eigenvalue weighted by atomic mass is 79.9. The van der Waals surface area contributed by atoms with Gasteiger partial charge in [0.05, 0.1) is 3.39 Å². The Morgan fingerprint density at radius 1 is 1.32 bits per heavy atom. The topological polar surface area (TPSA) is 44.5 Å². The van der Waals surface area contributed by atoms with E-state index in [-0.39, 0.29) is 0 Å². The second kappa shape index (κ2) is 8.61. The van der Waals surface area contributed by atoms with Gasteiger partial charge in [0.15, 0.2) is 0 Å². The predicted octanol–water partition coefficient (Wildman–Crippen LogP) is 3.90. The molecule has 0 unspecified atom stereocenters. The van der Waals surface area contributed by atoms with E-state index in [0.29, 0.717) is 19.8 Å². The van der Waals surface area contributed by atoms with Crippen LogP contribution in [0.15, 0.2) is 21.6 Å². The van der Waals surface area contributed by atoms with Crippen LogP contribution in [0.1, 0.15) is 18.1 Å². The van der Waals surface area contributed by atoms with Crippen LogP contribution in [0.5, 0.6) is 11.5 Å². The van der Waals surface area contributed by atoms with Crippen molar-refractivity contribution in [1.29, 1.82) is 0 Å². The molecule has 0 bridgehead atoms. The van der Waals surface area contributed by atoms with E-state index < -0.39 is 0 Å². The van der Waals surface area contributed by atoms with Crippen LogP contribution in [-0.4, -0.2) is 19.8 Å². The lowest BCUT2D eigenvalue weighted by molar-refractivity contribution is 0.320. The normalized spacial score (nSPS) is 10.2. The van der Waals surface area contributed by atoms with Crippen LogP contribution in [0.2, 0.25) is 0 Å². The van der Waals surface area contributed by atoms with Gasteiger partial charge in [-0.1, -0.05) is 6.92 Å². The van der Waals surface area contributed by atoms with Crippen molar-refractivity contribution in [2.24, 2.45) is 5.73 Å². The Balaban J connectivity index is 2.86. The lowest BCUT2D eigenvalue weighted by Crippen LogP contribution is -2.12. The van der Waals surface area contributed by atoms with E-state index in [1.165, 1.54) is 0 Å². The summed E-state index contributed by atoms with van der Waals surface area (Å²) in [6, 6.07) is 4.01. The van der Waals surface area contributed by atoms with E-state index >= 15 is 0 Å². The Labute approximate surface area is 131 Å². The van der Waals surface area contributed by atoms with E-state index in [2.05, 4.69) is 38.8 Å². The van der Waals surface area contributed by atoms with Crippen molar-refractivity contribution in [2.75, 3.05) is 19.8 Å². The van der Waals surface area contributed by atoms with Gasteiger partial charge in [0.2, 0.25) is 0 Å². The lowest BCUT2D eigenvalue weighted by Gasteiger charge is -2.15. The van der Waals surface area contributed by atoms with Crippen LogP contribution in [-0.2, 0) is 6.42 Å². The lowest BCUT2D eigenvalue weighted by atomic mass is 10.1. The summed E-state index contributed by atoms with van der Waals surface area (Å²) in [6.07, 6.45) is 2.80. The maximum Gasteiger partial charge on any atom is 0.125 e. The minimum Gasteiger partial charge on any atom is -0.492 e. The molecule has 1 rings (SSSR count). The van der Waals surface area contributed by atoms with Crippen molar-refractivity contribution in [3.05, 3.63) is 32.7 Å². The molecule has 1 aromatic rings. The van der Waals surface area contributed by atoms with Crippen LogP contribution in [0.4, 0.5) is 0 Å². The van der Waals surface area contributed by atoms with Gasteiger partial charge in [-0.05, 0) is 74.5 Å². The molecule has 0 radical (unpaired) electrons. The smallest absolute Gasteiger partial charge is 0.125 e. The molecule has 0 aromatic heterocycles. The second-order valence-electron chi connectivity index (χ2n) is 4.02. The Morgan fingerprint density at radius 2 is 2.05 bits per heavy atom. The maximum absolute atomic E-state index is 5.70. The minimum absolute atomic E-state index is 0.511. The summed E-state index contributed by atoms with van der Waals surface area (Å²) in [5.74, 6) is 1.78. The largest absolute Gasteiger partial charge is 0.492 e. The third-order valence-corrected chi connectivity index (χ3v) is 3.21. The minimum atomic E-state index is 0.511. The van der Waals surface area contributed by atoms with Crippen LogP contribution in [0, 0.1) is 6.92 Å². The molecule has 0 aliphatic heterocycles. The molecular formula is C14H19Br2NO2. The first-order valence-corrected chi connectivity index (χ1v) is 7.77. The van der Waals surface area contributed by atoms with Gasteiger partial charge in [-0.15, -0.1) is 0 Å². The molecule has 0 saturated heterocycles. The van der Waals surface area contributed by atoms with Gasteiger partial charge < -0.3 is 15.2 Å². The highest BCUT2D eigenvalue weighted by Gasteiger charge is 2.09. The fraction of sp³-hybridized carbons (Fsp3) is 0.429. The Morgan fingerprint density at radius 3 is 2.63 bits per heavy atom. The number of rotatable bonds is 7. The number of halogens is 2. The van der Waals surface area contributed by atoms with Crippen molar-refractivity contribution in [3.8, 4) is 11.5 Å². The number of hydrogen-bond acceptors (Lipinski definition) is 3. The first-order chi connectivity index (χ1) is 9.08. The first kappa shape index (κ1) is 16.5. The van der Waals surface area contributed by atoms with Gasteiger partial charge in [-0.2, -0.15) is 0 Å². The molecule has 19 heavy (non-hydrogen) atoms. The molecule has 5 heteroatoms. The summed E-state index contributed by atoms with van der Waals surface area (Å²) in [7, 11) is 0. The molecule has 0 aliphatic rings. The van der Waals surface area contributed by atoms with Crippen LogP contribution >= 0.6 is 31.9 Å². The van der Waals surface area contributed by atoms with Gasteiger partial charge in [0, 0.05) is 6.54 Å². The van der Waals surface area contributed by atoms with Crippen molar-refractivity contribution in [1.82, 2.24) is 0 Å². The van der Waals surface area contributed by atoms with E-state index in [4.69, 9.17) is 15.2 Å². The zero-order chi connectivity index (χ0) is 14.3. The van der Waals surface area contributed by atoms with Crippen LogP contribution in [0.25, 0.3) is 0 Å². The molecule has 0 heterocycles. The fourth-order valence-corrected chi connectivity index (χ4v) is 1.99. The number of aryl methyl sites for hydroxylation is 2. The summed E-state index contributed by atoms with van der Waals surface area (Å²) in [5.41, 5.74) is 7.69. The molecule has 0 aliphatic carbocycles. The molecule has 0 amide bonds. The van der Waals surface area contributed by atoms with Crippen molar-refractivity contribution in [2.45, 2.75) is 20.3 Å². The standard InChI is InChI=1S/C14H19Br2NO2/c1-3-11-9-12(18-6-4-13(15)16)8-10(2)14(11)19-7-5-17/h4,8-9H,3,5-7,17H2,1-2H3. The molecule has 106 valence electrons. The molecule has 0 atom stereocenters.